The van der Waals surface area contributed by atoms with Crippen molar-refractivity contribution in [2.24, 2.45) is 0 Å². The van der Waals surface area contributed by atoms with Crippen LogP contribution in [0.15, 0.2) is 24.3 Å². The van der Waals surface area contributed by atoms with Gasteiger partial charge in [-0.05, 0) is 60.6 Å². The van der Waals surface area contributed by atoms with Crippen LogP contribution in [0.1, 0.15) is 47.1 Å². The maximum Gasteiger partial charge on any atom is 0.410 e. The lowest BCUT2D eigenvalue weighted by atomic mass is 10.2. The molecule has 0 bridgehead atoms. The molecule has 7 heteroatoms. The largest absolute Gasteiger partial charge is 0.444 e. The highest BCUT2D eigenvalue weighted by Crippen LogP contribution is 2.18. The molecule has 2 amide bonds. The van der Waals surface area contributed by atoms with E-state index < -0.39 is 11.2 Å². The third kappa shape index (κ3) is 7.76. The van der Waals surface area contributed by atoms with E-state index in [-0.39, 0.29) is 12.2 Å². The van der Waals surface area contributed by atoms with Gasteiger partial charge in [-0.3, -0.25) is 0 Å². The van der Waals surface area contributed by atoms with E-state index in [0.29, 0.717) is 39.3 Å². The Morgan fingerprint density at radius 2 is 1.07 bits per heavy atom. The minimum atomic E-state index is -0.572. The van der Waals surface area contributed by atoms with Crippen LogP contribution in [-0.2, 0) is 9.47 Å². The lowest BCUT2D eigenvalue weighted by Crippen LogP contribution is -2.44. The van der Waals surface area contributed by atoms with E-state index in [9.17, 15) is 9.59 Å². The van der Waals surface area contributed by atoms with Crippen molar-refractivity contribution in [3.8, 4) is 0 Å². The number of aryl methyl sites for hydroxylation is 1. The van der Waals surface area contributed by atoms with Crippen LogP contribution in [-0.4, -0.2) is 72.5 Å². The van der Waals surface area contributed by atoms with E-state index in [1.807, 2.05) is 41.5 Å². The highest BCUT2D eigenvalue weighted by molar-refractivity contribution is 5.70. The fraction of sp³-hybridized carbons (Fsp3) is 0.652. The summed E-state index contributed by atoms with van der Waals surface area (Å²) in [4.78, 5) is 31.0. The summed E-state index contributed by atoms with van der Waals surface area (Å²) in [5.41, 5.74) is 1.11. The van der Waals surface area contributed by atoms with Gasteiger partial charge in [-0.2, -0.15) is 0 Å². The molecule has 0 N–H and O–H groups in total. The van der Waals surface area contributed by atoms with Gasteiger partial charge >= 0.3 is 12.2 Å². The molecule has 0 unspecified atom stereocenters. The molecule has 0 spiro atoms. The van der Waals surface area contributed by atoms with E-state index >= 15 is 0 Å². The van der Waals surface area contributed by atoms with Crippen LogP contribution in [0.25, 0.3) is 0 Å². The highest BCUT2D eigenvalue weighted by atomic mass is 16.6. The van der Waals surface area contributed by atoms with Crippen molar-refractivity contribution in [2.45, 2.75) is 59.7 Å². The van der Waals surface area contributed by atoms with E-state index in [1.165, 1.54) is 5.56 Å². The van der Waals surface area contributed by atoms with Crippen molar-refractivity contribution in [3.05, 3.63) is 29.8 Å². The second-order valence-electron chi connectivity index (χ2n) is 9.76. The number of ether oxygens (including phenoxy) is 2. The smallest absolute Gasteiger partial charge is 0.410 e. The van der Waals surface area contributed by atoms with Crippen LogP contribution in [0, 0.1) is 6.92 Å². The first-order valence-electron chi connectivity index (χ1n) is 10.6. The Kier molecular flexibility index (Phi) is 7.61. The summed E-state index contributed by atoms with van der Waals surface area (Å²) in [6, 6.07) is 8.28. The second kappa shape index (κ2) is 9.58. The van der Waals surface area contributed by atoms with Gasteiger partial charge in [-0.25, -0.2) is 9.59 Å². The van der Waals surface area contributed by atoms with Gasteiger partial charge in [-0.15, -0.1) is 0 Å². The fourth-order valence-corrected chi connectivity index (χ4v) is 3.09. The molecular weight excluding hydrogens is 382 g/mol. The average molecular weight is 420 g/mol. The molecule has 30 heavy (non-hydrogen) atoms. The number of amides is 2. The maximum absolute atomic E-state index is 12.7. The molecule has 0 aromatic heterocycles. The molecule has 0 aliphatic carbocycles. The van der Waals surface area contributed by atoms with Gasteiger partial charge in [0.15, 0.2) is 0 Å². The van der Waals surface area contributed by atoms with Gasteiger partial charge in [0.25, 0.3) is 0 Å². The third-order valence-corrected chi connectivity index (χ3v) is 4.62. The predicted octanol–water partition coefficient (Wildman–Crippen LogP) is 4.29. The molecule has 2 rings (SSSR count). The molecule has 1 aliphatic heterocycles. The standard InChI is InChI=1S/C23H37N3O4/c1-18-8-10-19(11-9-18)24-12-14-25(20(27)29-22(2,3)4)16-17-26(15-13-24)21(28)30-23(5,6)7/h8-11H,12-17H2,1-7H3. The predicted molar refractivity (Wildman–Crippen MR) is 119 cm³/mol. The van der Waals surface area contributed by atoms with Gasteiger partial charge in [0.2, 0.25) is 0 Å². The van der Waals surface area contributed by atoms with Gasteiger partial charge in [-0.1, -0.05) is 17.7 Å². The summed E-state index contributed by atoms with van der Waals surface area (Å²) in [5.74, 6) is 0. The third-order valence-electron chi connectivity index (χ3n) is 4.62. The number of benzene rings is 1. The molecule has 1 fully saturated rings. The maximum atomic E-state index is 12.7. The van der Waals surface area contributed by atoms with Crippen molar-refractivity contribution < 1.29 is 19.1 Å². The fourth-order valence-electron chi connectivity index (χ4n) is 3.09. The van der Waals surface area contributed by atoms with Gasteiger partial charge in [0.05, 0.1) is 0 Å². The summed E-state index contributed by atoms with van der Waals surface area (Å²) >= 11 is 0. The van der Waals surface area contributed by atoms with Crippen LogP contribution in [0.3, 0.4) is 0 Å². The molecule has 1 aromatic carbocycles. The van der Waals surface area contributed by atoms with E-state index in [1.54, 1.807) is 9.80 Å². The zero-order valence-corrected chi connectivity index (χ0v) is 19.5. The van der Waals surface area contributed by atoms with E-state index in [0.717, 1.165) is 5.69 Å². The Morgan fingerprint density at radius 3 is 1.43 bits per heavy atom. The monoisotopic (exact) mass is 419 g/mol. The van der Waals surface area contributed by atoms with Crippen molar-refractivity contribution in [3.63, 3.8) is 0 Å². The Balaban J connectivity index is 2.22. The summed E-state index contributed by atoms with van der Waals surface area (Å²) in [5, 5.41) is 0. The molecule has 0 atom stereocenters. The minimum absolute atomic E-state index is 0.364. The number of rotatable bonds is 1. The van der Waals surface area contributed by atoms with Crippen LogP contribution < -0.4 is 4.90 Å². The Morgan fingerprint density at radius 1 is 0.700 bits per heavy atom. The quantitative estimate of drug-likeness (QED) is 0.680. The van der Waals surface area contributed by atoms with Crippen LogP contribution in [0.5, 0.6) is 0 Å². The molecule has 0 saturated carbocycles. The van der Waals surface area contributed by atoms with Crippen LogP contribution >= 0.6 is 0 Å². The normalized spacial score (nSPS) is 16.4. The molecule has 168 valence electrons. The first kappa shape index (κ1) is 23.8. The van der Waals surface area contributed by atoms with Crippen molar-refractivity contribution in [2.75, 3.05) is 44.2 Å². The summed E-state index contributed by atoms with van der Waals surface area (Å²) in [7, 11) is 0. The number of carbonyl (C=O) groups is 2. The second-order valence-corrected chi connectivity index (χ2v) is 9.76. The average Bonchev–Trinajstić information content (AvgIpc) is 2.70. The molecule has 1 saturated heterocycles. The number of carbonyl (C=O) groups excluding carboxylic acids is 2. The summed E-state index contributed by atoms with van der Waals surface area (Å²) < 4.78 is 11.2. The van der Waals surface area contributed by atoms with Gasteiger partial charge in [0.1, 0.15) is 11.2 Å². The molecule has 0 radical (unpaired) electrons. The number of nitrogens with zero attached hydrogens (tertiary/aromatic N) is 3. The Hall–Kier alpha value is -2.44. The van der Waals surface area contributed by atoms with Crippen LogP contribution in [0.2, 0.25) is 0 Å². The molecular formula is C23H37N3O4. The number of hydrogen-bond acceptors (Lipinski definition) is 5. The zero-order valence-electron chi connectivity index (χ0n) is 19.5. The lowest BCUT2D eigenvalue weighted by Gasteiger charge is -2.30. The first-order valence-corrected chi connectivity index (χ1v) is 10.6. The van der Waals surface area contributed by atoms with Gasteiger partial charge < -0.3 is 24.2 Å². The summed E-state index contributed by atoms with van der Waals surface area (Å²) in [6.07, 6.45) is -0.727. The molecule has 1 heterocycles. The summed E-state index contributed by atoms with van der Waals surface area (Å²) in [6.45, 7) is 16.3. The number of anilines is 1. The van der Waals surface area contributed by atoms with E-state index in [4.69, 9.17) is 9.47 Å². The van der Waals surface area contributed by atoms with Crippen LogP contribution in [0.4, 0.5) is 15.3 Å². The Bertz CT molecular complexity index is 679. The molecule has 7 nitrogen and oxygen atoms in total. The Labute approximate surface area is 180 Å². The highest BCUT2D eigenvalue weighted by Gasteiger charge is 2.28. The van der Waals surface area contributed by atoms with E-state index in [2.05, 4.69) is 36.1 Å². The minimum Gasteiger partial charge on any atom is -0.444 e. The van der Waals surface area contributed by atoms with Crippen molar-refractivity contribution in [1.29, 1.82) is 0 Å². The molecule has 1 aliphatic rings. The topological polar surface area (TPSA) is 62.3 Å². The SMILES string of the molecule is Cc1ccc(N2CCN(C(=O)OC(C)(C)C)CCN(C(=O)OC(C)(C)C)CC2)cc1. The molecule has 1 aromatic rings. The lowest BCUT2D eigenvalue weighted by molar-refractivity contribution is 0.0154. The van der Waals surface area contributed by atoms with Crippen molar-refractivity contribution in [1.82, 2.24) is 9.80 Å². The zero-order chi connectivity index (χ0) is 22.5. The van der Waals surface area contributed by atoms with Crippen molar-refractivity contribution >= 4 is 17.9 Å². The number of hydrogen-bond donors (Lipinski definition) is 0. The first-order chi connectivity index (χ1) is 13.8. The van der Waals surface area contributed by atoms with Gasteiger partial charge in [0, 0.05) is 45.0 Å².